The maximum atomic E-state index is 13.1. The second-order valence-corrected chi connectivity index (χ2v) is 9.32. The molecule has 30 heavy (non-hydrogen) atoms. The number of hydrogen-bond acceptors (Lipinski definition) is 5. The van der Waals surface area contributed by atoms with Gasteiger partial charge in [0.25, 0.3) is 0 Å². The van der Waals surface area contributed by atoms with E-state index >= 15 is 0 Å². The van der Waals surface area contributed by atoms with Gasteiger partial charge in [-0.25, -0.2) is 8.42 Å². The summed E-state index contributed by atoms with van der Waals surface area (Å²) in [5.41, 5.74) is 1.11. The molecular weight excluding hydrogens is 400 g/mol. The SMILES string of the molecule is COc1ccc(CN2CCN(S(=O)(=O)c3ccc4ccccc4c3)CC2)cc1OC. The minimum Gasteiger partial charge on any atom is -0.493 e. The monoisotopic (exact) mass is 426 g/mol. The van der Waals surface area contributed by atoms with Crippen LogP contribution in [0.15, 0.2) is 65.6 Å². The fourth-order valence-electron chi connectivity index (χ4n) is 3.84. The first-order valence-corrected chi connectivity index (χ1v) is 11.4. The molecule has 4 rings (SSSR count). The average Bonchev–Trinajstić information content (AvgIpc) is 2.79. The Hall–Kier alpha value is -2.61. The van der Waals surface area contributed by atoms with E-state index in [2.05, 4.69) is 4.90 Å². The number of ether oxygens (including phenoxy) is 2. The Morgan fingerprint density at radius 1 is 0.800 bits per heavy atom. The van der Waals surface area contributed by atoms with Crippen LogP contribution in [0.1, 0.15) is 5.56 Å². The lowest BCUT2D eigenvalue weighted by Gasteiger charge is -2.34. The third kappa shape index (κ3) is 4.14. The highest BCUT2D eigenvalue weighted by molar-refractivity contribution is 7.89. The smallest absolute Gasteiger partial charge is 0.243 e. The Morgan fingerprint density at radius 3 is 2.20 bits per heavy atom. The number of nitrogens with zero attached hydrogens (tertiary/aromatic N) is 2. The highest BCUT2D eigenvalue weighted by atomic mass is 32.2. The fourth-order valence-corrected chi connectivity index (χ4v) is 5.30. The molecule has 0 atom stereocenters. The summed E-state index contributed by atoms with van der Waals surface area (Å²) in [7, 11) is -0.258. The molecule has 1 aliphatic heterocycles. The molecule has 0 spiro atoms. The van der Waals surface area contributed by atoms with Crippen LogP contribution in [0.5, 0.6) is 11.5 Å². The number of benzene rings is 3. The first-order chi connectivity index (χ1) is 14.5. The Bertz CT molecular complexity index is 1140. The van der Waals surface area contributed by atoms with Gasteiger partial charge in [-0.1, -0.05) is 36.4 Å². The van der Waals surface area contributed by atoms with Gasteiger partial charge in [0.15, 0.2) is 11.5 Å². The van der Waals surface area contributed by atoms with E-state index in [0.717, 1.165) is 22.9 Å². The molecule has 0 aromatic heterocycles. The van der Waals surface area contributed by atoms with Crippen LogP contribution in [0.2, 0.25) is 0 Å². The minimum absolute atomic E-state index is 0.356. The summed E-state index contributed by atoms with van der Waals surface area (Å²) >= 11 is 0. The van der Waals surface area contributed by atoms with E-state index in [1.165, 1.54) is 0 Å². The lowest BCUT2D eigenvalue weighted by atomic mass is 10.1. The van der Waals surface area contributed by atoms with Crippen LogP contribution in [-0.2, 0) is 16.6 Å². The quantitative estimate of drug-likeness (QED) is 0.605. The fraction of sp³-hybridized carbons (Fsp3) is 0.304. The molecule has 1 aliphatic rings. The van der Waals surface area contributed by atoms with Gasteiger partial charge in [-0.3, -0.25) is 4.90 Å². The van der Waals surface area contributed by atoms with Crippen LogP contribution >= 0.6 is 0 Å². The molecule has 7 heteroatoms. The molecule has 3 aromatic rings. The summed E-state index contributed by atoms with van der Waals surface area (Å²) in [6, 6.07) is 19.0. The van der Waals surface area contributed by atoms with Crippen LogP contribution in [0, 0.1) is 0 Å². The van der Waals surface area contributed by atoms with E-state index in [-0.39, 0.29) is 0 Å². The van der Waals surface area contributed by atoms with Crippen LogP contribution < -0.4 is 9.47 Å². The summed E-state index contributed by atoms with van der Waals surface area (Å²) in [5.74, 6) is 1.40. The number of sulfonamides is 1. The number of methoxy groups -OCH3 is 2. The maximum absolute atomic E-state index is 13.1. The van der Waals surface area contributed by atoms with Crippen molar-refractivity contribution in [1.82, 2.24) is 9.21 Å². The second-order valence-electron chi connectivity index (χ2n) is 7.38. The van der Waals surface area contributed by atoms with Crippen LogP contribution in [0.4, 0.5) is 0 Å². The minimum atomic E-state index is -3.50. The van der Waals surface area contributed by atoms with Crippen LogP contribution in [-0.4, -0.2) is 58.0 Å². The molecule has 1 saturated heterocycles. The Kier molecular flexibility index (Phi) is 5.94. The van der Waals surface area contributed by atoms with Gasteiger partial charge in [0.2, 0.25) is 10.0 Å². The Morgan fingerprint density at radius 2 is 1.50 bits per heavy atom. The molecule has 0 unspecified atom stereocenters. The van der Waals surface area contributed by atoms with Crippen LogP contribution in [0.25, 0.3) is 10.8 Å². The number of hydrogen-bond donors (Lipinski definition) is 0. The third-order valence-corrected chi connectivity index (χ3v) is 7.44. The highest BCUT2D eigenvalue weighted by Crippen LogP contribution is 2.28. The van der Waals surface area contributed by atoms with Gasteiger partial charge < -0.3 is 9.47 Å². The molecule has 0 N–H and O–H groups in total. The van der Waals surface area contributed by atoms with E-state index in [9.17, 15) is 8.42 Å². The molecule has 3 aromatic carbocycles. The molecule has 0 bridgehead atoms. The maximum Gasteiger partial charge on any atom is 0.243 e. The van der Waals surface area contributed by atoms with E-state index in [1.54, 1.807) is 30.7 Å². The highest BCUT2D eigenvalue weighted by Gasteiger charge is 2.28. The number of rotatable bonds is 6. The van der Waals surface area contributed by atoms with Gasteiger partial charge in [-0.15, -0.1) is 0 Å². The third-order valence-electron chi connectivity index (χ3n) is 5.54. The first kappa shape index (κ1) is 20.7. The van der Waals surface area contributed by atoms with E-state index in [4.69, 9.17) is 9.47 Å². The topological polar surface area (TPSA) is 59.1 Å². The molecule has 6 nitrogen and oxygen atoms in total. The molecule has 0 saturated carbocycles. The van der Waals surface area contributed by atoms with Crippen molar-refractivity contribution in [2.45, 2.75) is 11.4 Å². The Balaban J connectivity index is 1.43. The molecule has 0 radical (unpaired) electrons. The summed E-state index contributed by atoms with van der Waals surface area (Å²) < 4.78 is 38.5. The molecular formula is C23H26N2O4S. The van der Waals surface area contributed by atoms with E-state index < -0.39 is 10.0 Å². The van der Waals surface area contributed by atoms with Crippen molar-refractivity contribution in [1.29, 1.82) is 0 Å². The van der Waals surface area contributed by atoms with E-state index in [0.29, 0.717) is 42.6 Å². The zero-order valence-corrected chi connectivity index (χ0v) is 18.1. The average molecular weight is 427 g/mol. The molecule has 158 valence electrons. The number of piperazine rings is 1. The van der Waals surface area contributed by atoms with Crippen molar-refractivity contribution in [3.63, 3.8) is 0 Å². The summed E-state index contributed by atoms with van der Waals surface area (Å²) in [6.45, 7) is 3.05. The van der Waals surface area contributed by atoms with Crippen LogP contribution in [0.3, 0.4) is 0 Å². The summed E-state index contributed by atoms with van der Waals surface area (Å²) in [6.07, 6.45) is 0. The van der Waals surface area contributed by atoms with Crippen molar-refractivity contribution in [2.24, 2.45) is 0 Å². The largest absolute Gasteiger partial charge is 0.493 e. The van der Waals surface area contributed by atoms with Crippen molar-refractivity contribution < 1.29 is 17.9 Å². The lowest BCUT2D eigenvalue weighted by Crippen LogP contribution is -2.48. The summed E-state index contributed by atoms with van der Waals surface area (Å²) in [4.78, 5) is 2.61. The standard InChI is InChI=1S/C23H26N2O4S/c1-28-22-10-7-18(15-23(22)29-2)17-24-11-13-25(14-12-24)30(26,27)21-9-8-19-5-3-4-6-20(19)16-21/h3-10,15-16H,11-14,17H2,1-2H3. The first-order valence-electron chi connectivity index (χ1n) is 9.93. The van der Waals surface area contributed by atoms with Crippen molar-refractivity contribution in [3.8, 4) is 11.5 Å². The van der Waals surface area contributed by atoms with Crippen molar-refractivity contribution in [3.05, 3.63) is 66.2 Å². The van der Waals surface area contributed by atoms with Gasteiger partial charge >= 0.3 is 0 Å². The predicted octanol–water partition coefficient (Wildman–Crippen LogP) is 3.36. The molecule has 1 heterocycles. The van der Waals surface area contributed by atoms with Crippen molar-refractivity contribution in [2.75, 3.05) is 40.4 Å². The van der Waals surface area contributed by atoms with E-state index in [1.807, 2.05) is 48.5 Å². The molecule has 0 aliphatic carbocycles. The van der Waals surface area contributed by atoms with Gasteiger partial charge in [-0.05, 0) is 40.6 Å². The van der Waals surface area contributed by atoms with Crippen molar-refractivity contribution >= 4 is 20.8 Å². The predicted molar refractivity (Wildman–Crippen MR) is 118 cm³/mol. The zero-order chi connectivity index (χ0) is 21.1. The molecule has 0 amide bonds. The van der Waals surface area contributed by atoms with Gasteiger partial charge in [0, 0.05) is 32.7 Å². The van der Waals surface area contributed by atoms with Gasteiger partial charge in [0.1, 0.15) is 0 Å². The second kappa shape index (κ2) is 8.63. The summed E-state index contributed by atoms with van der Waals surface area (Å²) in [5, 5.41) is 1.97. The normalized spacial score (nSPS) is 15.9. The number of fused-ring (bicyclic) bond motifs is 1. The molecule has 1 fully saturated rings. The lowest BCUT2D eigenvalue weighted by molar-refractivity contribution is 0.181. The van der Waals surface area contributed by atoms with Gasteiger partial charge in [0.05, 0.1) is 19.1 Å². The zero-order valence-electron chi connectivity index (χ0n) is 17.2. The Labute approximate surface area is 177 Å². The van der Waals surface area contributed by atoms with Gasteiger partial charge in [-0.2, -0.15) is 4.31 Å².